The third-order valence-corrected chi connectivity index (χ3v) is 4.57. The van der Waals surface area contributed by atoms with E-state index < -0.39 is 11.6 Å². The van der Waals surface area contributed by atoms with Gasteiger partial charge in [0.2, 0.25) is 5.91 Å². The zero-order valence-corrected chi connectivity index (χ0v) is 13.3. The molecule has 6 heteroatoms. The number of carbonyl (C=O) groups excluding carboxylic acids is 1. The largest absolute Gasteiger partial charge is 0.323 e. The van der Waals surface area contributed by atoms with Gasteiger partial charge in [0.15, 0.2) is 0 Å². The summed E-state index contributed by atoms with van der Waals surface area (Å²) in [6.07, 6.45) is 0.571. The van der Waals surface area contributed by atoms with Crippen molar-refractivity contribution in [3.05, 3.63) is 59.1 Å². The summed E-state index contributed by atoms with van der Waals surface area (Å²) in [5.74, 6) is -1.80. The van der Waals surface area contributed by atoms with Crippen molar-refractivity contribution in [3.63, 3.8) is 0 Å². The van der Waals surface area contributed by atoms with Crippen LogP contribution in [0, 0.1) is 11.6 Å². The maximum Gasteiger partial charge on any atom is 0.237 e. The molecule has 0 heterocycles. The van der Waals surface area contributed by atoms with Gasteiger partial charge in [0.25, 0.3) is 0 Å². The number of amides is 1. The maximum atomic E-state index is 13.6. The zero-order valence-electron chi connectivity index (χ0n) is 11.8. The molecule has 1 N–H and O–H groups in total. The summed E-state index contributed by atoms with van der Waals surface area (Å²) in [6.45, 7) is 1.87. The smallest absolute Gasteiger partial charge is 0.237 e. The molecule has 22 heavy (non-hydrogen) atoms. The SMILES string of the molecule is CCC(Sc1ccc(Cl)cc1)C(=O)Nc1ccc(F)cc1F. The quantitative estimate of drug-likeness (QED) is 0.764. The van der Waals surface area contributed by atoms with Crippen LogP contribution in [0.15, 0.2) is 47.4 Å². The number of nitrogens with one attached hydrogen (secondary N) is 1. The lowest BCUT2D eigenvalue weighted by Crippen LogP contribution is -2.25. The molecule has 0 saturated carbocycles. The first-order valence-corrected chi connectivity index (χ1v) is 7.93. The first-order chi connectivity index (χ1) is 10.5. The highest BCUT2D eigenvalue weighted by atomic mass is 35.5. The van der Waals surface area contributed by atoms with Crippen molar-refractivity contribution in [2.24, 2.45) is 0 Å². The van der Waals surface area contributed by atoms with Crippen LogP contribution in [-0.2, 0) is 4.79 Å². The van der Waals surface area contributed by atoms with Gasteiger partial charge >= 0.3 is 0 Å². The molecule has 2 aromatic rings. The molecule has 0 aliphatic heterocycles. The van der Waals surface area contributed by atoms with E-state index in [0.717, 1.165) is 17.0 Å². The minimum atomic E-state index is -0.792. The van der Waals surface area contributed by atoms with Crippen LogP contribution in [0.5, 0.6) is 0 Å². The van der Waals surface area contributed by atoms with Crippen molar-refractivity contribution in [3.8, 4) is 0 Å². The third kappa shape index (κ3) is 4.45. The molecule has 0 bridgehead atoms. The summed E-state index contributed by atoms with van der Waals surface area (Å²) in [6, 6.07) is 10.2. The van der Waals surface area contributed by atoms with E-state index in [9.17, 15) is 13.6 Å². The van der Waals surface area contributed by atoms with Gasteiger partial charge in [-0.15, -0.1) is 11.8 Å². The number of benzene rings is 2. The van der Waals surface area contributed by atoms with E-state index in [2.05, 4.69) is 5.32 Å². The van der Waals surface area contributed by atoms with E-state index in [1.165, 1.54) is 17.8 Å². The van der Waals surface area contributed by atoms with Gasteiger partial charge in [0.1, 0.15) is 11.6 Å². The molecule has 1 unspecified atom stereocenters. The van der Waals surface area contributed by atoms with Crippen LogP contribution in [0.2, 0.25) is 5.02 Å². The fourth-order valence-corrected chi connectivity index (χ4v) is 2.88. The Bertz CT molecular complexity index is 664. The molecule has 0 aliphatic carbocycles. The maximum absolute atomic E-state index is 13.6. The lowest BCUT2D eigenvalue weighted by atomic mass is 10.2. The second kappa shape index (κ2) is 7.61. The number of carbonyl (C=O) groups is 1. The fourth-order valence-electron chi connectivity index (χ4n) is 1.80. The molecule has 1 amide bonds. The second-order valence-corrected chi connectivity index (χ2v) is 6.29. The van der Waals surface area contributed by atoms with Gasteiger partial charge in [-0.2, -0.15) is 0 Å². The summed E-state index contributed by atoms with van der Waals surface area (Å²) in [4.78, 5) is 13.1. The van der Waals surface area contributed by atoms with Crippen molar-refractivity contribution in [1.29, 1.82) is 0 Å². The van der Waals surface area contributed by atoms with Crippen LogP contribution in [-0.4, -0.2) is 11.2 Å². The van der Waals surface area contributed by atoms with Crippen molar-refractivity contribution in [2.75, 3.05) is 5.32 Å². The Kier molecular flexibility index (Phi) is 5.80. The molecule has 2 nitrogen and oxygen atoms in total. The molecule has 0 fully saturated rings. The molecule has 2 rings (SSSR count). The van der Waals surface area contributed by atoms with Crippen molar-refractivity contribution in [1.82, 2.24) is 0 Å². The highest BCUT2D eigenvalue weighted by molar-refractivity contribution is 8.00. The number of halogens is 3. The minimum absolute atomic E-state index is 0.0263. The van der Waals surface area contributed by atoms with E-state index >= 15 is 0 Å². The Morgan fingerprint density at radius 2 is 1.91 bits per heavy atom. The summed E-state index contributed by atoms with van der Waals surface area (Å²) >= 11 is 7.19. The van der Waals surface area contributed by atoms with E-state index in [4.69, 9.17) is 11.6 Å². The standard InChI is InChI=1S/C16H14ClF2NOS/c1-2-15(22-12-6-3-10(17)4-7-12)16(21)20-14-8-5-11(18)9-13(14)19/h3-9,15H,2H2,1H3,(H,20,21). The second-order valence-electron chi connectivity index (χ2n) is 4.58. The van der Waals surface area contributed by atoms with Gasteiger partial charge in [-0.3, -0.25) is 4.79 Å². The average Bonchev–Trinajstić information content (AvgIpc) is 2.49. The zero-order chi connectivity index (χ0) is 16.1. The predicted octanol–water partition coefficient (Wildman–Crippen LogP) is 5.13. The molecule has 0 aromatic heterocycles. The van der Waals surface area contributed by atoms with Gasteiger partial charge in [0.05, 0.1) is 10.9 Å². The summed E-state index contributed by atoms with van der Waals surface area (Å²) in [5, 5.41) is 2.73. The van der Waals surface area contributed by atoms with E-state index in [-0.39, 0.29) is 16.8 Å². The molecule has 1 atom stereocenters. The van der Waals surface area contributed by atoms with Gasteiger partial charge in [-0.1, -0.05) is 18.5 Å². The molecular formula is C16H14ClF2NOS. The molecule has 0 saturated heterocycles. The van der Waals surface area contributed by atoms with Crippen molar-refractivity contribution < 1.29 is 13.6 Å². The minimum Gasteiger partial charge on any atom is -0.323 e. The Morgan fingerprint density at radius 3 is 2.50 bits per heavy atom. The molecule has 2 aromatic carbocycles. The van der Waals surface area contributed by atoms with Crippen LogP contribution in [0.4, 0.5) is 14.5 Å². The van der Waals surface area contributed by atoms with E-state index in [1.807, 2.05) is 19.1 Å². The normalized spacial score (nSPS) is 12.0. The Labute approximate surface area is 136 Å². The number of hydrogen-bond acceptors (Lipinski definition) is 2. The first-order valence-electron chi connectivity index (χ1n) is 6.67. The Morgan fingerprint density at radius 1 is 1.23 bits per heavy atom. The van der Waals surface area contributed by atoms with Crippen LogP contribution < -0.4 is 5.32 Å². The molecule has 0 spiro atoms. The lowest BCUT2D eigenvalue weighted by Gasteiger charge is -2.15. The average molecular weight is 342 g/mol. The van der Waals surface area contributed by atoms with Gasteiger partial charge in [-0.25, -0.2) is 8.78 Å². The fraction of sp³-hybridized carbons (Fsp3) is 0.188. The molecule has 0 aliphatic rings. The summed E-state index contributed by atoms with van der Waals surface area (Å²) in [5.41, 5.74) is -0.0263. The topological polar surface area (TPSA) is 29.1 Å². The lowest BCUT2D eigenvalue weighted by molar-refractivity contribution is -0.115. The Balaban J connectivity index is 2.06. The monoisotopic (exact) mass is 341 g/mol. The van der Waals surface area contributed by atoms with Crippen molar-refractivity contribution >= 4 is 35.0 Å². The van der Waals surface area contributed by atoms with Crippen LogP contribution >= 0.6 is 23.4 Å². The molecule has 116 valence electrons. The number of rotatable bonds is 5. The van der Waals surface area contributed by atoms with Crippen LogP contribution in [0.1, 0.15) is 13.3 Å². The van der Waals surface area contributed by atoms with Crippen LogP contribution in [0.25, 0.3) is 0 Å². The summed E-state index contributed by atoms with van der Waals surface area (Å²) < 4.78 is 26.4. The number of hydrogen-bond donors (Lipinski definition) is 1. The van der Waals surface area contributed by atoms with Crippen molar-refractivity contribution in [2.45, 2.75) is 23.5 Å². The van der Waals surface area contributed by atoms with Gasteiger partial charge < -0.3 is 5.32 Å². The number of thioether (sulfide) groups is 1. The predicted molar refractivity (Wildman–Crippen MR) is 86.4 cm³/mol. The van der Waals surface area contributed by atoms with Gasteiger partial charge in [-0.05, 0) is 42.8 Å². The summed E-state index contributed by atoms with van der Waals surface area (Å²) in [7, 11) is 0. The molecular weight excluding hydrogens is 328 g/mol. The number of anilines is 1. The third-order valence-electron chi connectivity index (χ3n) is 2.94. The van der Waals surface area contributed by atoms with Gasteiger partial charge in [0, 0.05) is 16.0 Å². The Hall–Kier alpha value is -1.59. The first kappa shape index (κ1) is 16.8. The van der Waals surface area contributed by atoms with E-state index in [0.29, 0.717) is 11.4 Å². The molecule has 0 radical (unpaired) electrons. The highest BCUT2D eigenvalue weighted by Crippen LogP contribution is 2.28. The van der Waals surface area contributed by atoms with Crippen LogP contribution in [0.3, 0.4) is 0 Å². The van der Waals surface area contributed by atoms with E-state index in [1.54, 1.807) is 12.1 Å². The highest BCUT2D eigenvalue weighted by Gasteiger charge is 2.19.